The number of rotatable bonds is 4. The molecule has 2 N–H and O–H groups in total. The van der Waals surface area contributed by atoms with Crippen molar-refractivity contribution >= 4 is 17.3 Å². The number of esters is 1. The molecule has 0 radical (unpaired) electrons. The Balaban J connectivity index is 1.92. The first-order chi connectivity index (χ1) is 9.94. The van der Waals surface area contributed by atoms with Gasteiger partial charge >= 0.3 is 5.97 Å². The van der Waals surface area contributed by atoms with E-state index in [2.05, 4.69) is 15.9 Å². The minimum absolute atomic E-state index is 0.155. The molecule has 1 aromatic rings. The number of benzene rings is 1. The summed E-state index contributed by atoms with van der Waals surface area (Å²) in [4.78, 5) is 16.4. The summed E-state index contributed by atoms with van der Waals surface area (Å²) in [6, 6.07) is 7.96. The van der Waals surface area contributed by atoms with Gasteiger partial charge in [-0.2, -0.15) is 0 Å². The molecular formula is C16H25N3O2. The van der Waals surface area contributed by atoms with Gasteiger partial charge in [-0.25, -0.2) is 0 Å². The predicted octanol–water partition coefficient (Wildman–Crippen LogP) is 1.59. The van der Waals surface area contributed by atoms with Gasteiger partial charge in [0.05, 0.1) is 23.9 Å². The molecule has 2 rings (SSSR count). The predicted molar refractivity (Wildman–Crippen MR) is 85.3 cm³/mol. The number of nitrogen functional groups attached to an aromatic ring is 1. The second kappa shape index (κ2) is 6.35. The van der Waals surface area contributed by atoms with Gasteiger partial charge in [0.2, 0.25) is 0 Å². The van der Waals surface area contributed by atoms with Crippen LogP contribution in [0.15, 0.2) is 24.3 Å². The summed E-state index contributed by atoms with van der Waals surface area (Å²) in [7, 11) is 1.44. The summed E-state index contributed by atoms with van der Waals surface area (Å²) in [6.07, 6.45) is 0. The van der Waals surface area contributed by atoms with Gasteiger partial charge in [0.1, 0.15) is 0 Å². The first-order valence-corrected chi connectivity index (χ1v) is 7.34. The van der Waals surface area contributed by atoms with Crippen molar-refractivity contribution in [2.75, 3.05) is 50.5 Å². The van der Waals surface area contributed by atoms with Crippen LogP contribution in [0, 0.1) is 5.41 Å². The minimum Gasteiger partial charge on any atom is -0.469 e. The maximum Gasteiger partial charge on any atom is 0.312 e. The van der Waals surface area contributed by atoms with Crippen LogP contribution in [0.25, 0.3) is 0 Å². The number of hydrogen-bond acceptors (Lipinski definition) is 5. The van der Waals surface area contributed by atoms with Gasteiger partial charge in [-0.05, 0) is 26.0 Å². The van der Waals surface area contributed by atoms with Crippen molar-refractivity contribution in [1.29, 1.82) is 0 Å². The van der Waals surface area contributed by atoms with E-state index in [-0.39, 0.29) is 5.97 Å². The molecule has 1 aliphatic rings. The lowest BCUT2D eigenvalue weighted by Crippen LogP contribution is -2.50. The molecule has 1 aromatic carbocycles. The Morgan fingerprint density at radius 1 is 1.24 bits per heavy atom. The zero-order valence-corrected chi connectivity index (χ0v) is 13.1. The van der Waals surface area contributed by atoms with Crippen LogP contribution in [0.3, 0.4) is 0 Å². The lowest BCUT2D eigenvalue weighted by Gasteiger charge is -2.39. The molecule has 0 unspecified atom stereocenters. The third-order valence-corrected chi connectivity index (χ3v) is 4.01. The number of methoxy groups -OCH3 is 1. The van der Waals surface area contributed by atoms with Crippen molar-refractivity contribution in [3.05, 3.63) is 24.3 Å². The second-order valence-electron chi connectivity index (χ2n) is 6.20. The van der Waals surface area contributed by atoms with Crippen molar-refractivity contribution in [2.24, 2.45) is 5.41 Å². The molecule has 5 heteroatoms. The standard InChI is InChI=1S/C16H25N3O2/c1-16(2,15(20)21-3)12-18-8-10-19(11-9-18)14-7-5-4-6-13(14)17/h4-7H,8-12,17H2,1-3H3. The van der Waals surface area contributed by atoms with Crippen LogP contribution in [0.4, 0.5) is 11.4 Å². The van der Waals surface area contributed by atoms with Gasteiger partial charge in [0, 0.05) is 32.7 Å². The Bertz CT molecular complexity index is 494. The van der Waals surface area contributed by atoms with E-state index in [1.54, 1.807) is 0 Å². The van der Waals surface area contributed by atoms with Crippen molar-refractivity contribution in [3.63, 3.8) is 0 Å². The van der Waals surface area contributed by atoms with E-state index in [1.807, 2.05) is 32.0 Å². The van der Waals surface area contributed by atoms with E-state index in [1.165, 1.54) is 7.11 Å². The Labute approximate surface area is 126 Å². The number of hydrogen-bond donors (Lipinski definition) is 1. The number of piperazine rings is 1. The minimum atomic E-state index is -0.470. The first kappa shape index (κ1) is 15.6. The summed E-state index contributed by atoms with van der Waals surface area (Å²) in [5.41, 5.74) is 7.48. The first-order valence-electron chi connectivity index (χ1n) is 7.34. The fraction of sp³-hybridized carbons (Fsp3) is 0.562. The van der Waals surface area contributed by atoms with E-state index < -0.39 is 5.41 Å². The molecule has 1 fully saturated rings. The molecule has 1 aliphatic heterocycles. The summed E-state index contributed by atoms with van der Waals surface area (Å²) < 4.78 is 4.87. The molecule has 0 aliphatic carbocycles. The summed E-state index contributed by atoms with van der Waals surface area (Å²) >= 11 is 0. The lowest BCUT2D eigenvalue weighted by molar-refractivity contribution is -0.151. The van der Waals surface area contributed by atoms with Crippen molar-refractivity contribution in [1.82, 2.24) is 4.90 Å². The third-order valence-electron chi connectivity index (χ3n) is 4.01. The van der Waals surface area contributed by atoms with Gasteiger partial charge in [-0.3, -0.25) is 9.69 Å². The van der Waals surface area contributed by atoms with Crippen LogP contribution < -0.4 is 10.6 Å². The number of anilines is 2. The monoisotopic (exact) mass is 291 g/mol. The van der Waals surface area contributed by atoms with Crippen molar-refractivity contribution < 1.29 is 9.53 Å². The van der Waals surface area contributed by atoms with Gasteiger partial charge in [-0.15, -0.1) is 0 Å². The molecule has 116 valence electrons. The SMILES string of the molecule is COC(=O)C(C)(C)CN1CCN(c2ccccc2N)CC1. The molecule has 0 aromatic heterocycles. The van der Waals surface area contributed by atoms with E-state index in [9.17, 15) is 4.79 Å². The Hall–Kier alpha value is -1.75. The van der Waals surface area contributed by atoms with Crippen molar-refractivity contribution in [2.45, 2.75) is 13.8 Å². The van der Waals surface area contributed by atoms with Crippen LogP contribution in [0.1, 0.15) is 13.8 Å². The molecular weight excluding hydrogens is 266 g/mol. The quantitative estimate of drug-likeness (QED) is 0.674. The molecule has 5 nitrogen and oxygen atoms in total. The largest absolute Gasteiger partial charge is 0.469 e. The fourth-order valence-corrected chi connectivity index (χ4v) is 2.82. The van der Waals surface area contributed by atoms with Gasteiger partial charge in [0.15, 0.2) is 0 Å². The van der Waals surface area contributed by atoms with E-state index >= 15 is 0 Å². The maximum atomic E-state index is 11.8. The number of nitrogens with two attached hydrogens (primary N) is 1. The van der Waals surface area contributed by atoms with E-state index in [4.69, 9.17) is 10.5 Å². The van der Waals surface area contributed by atoms with Gasteiger partial charge in [0.25, 0.3) is 0 Å². The molecule has 0 atom stereocenters. The Morgan fingerprint density at radius 3 is 2.43 bits per heavy atom. The van der Waals surface area contributed by atoms with Crippen LogP contribution in [-0.4, -0.2) is 50.7 Å². The maximum absolute atomic E-state index is 11.8. The van der Waals surface area contributed by atoms with E-state index in [0.717, 1.165) is 44.1 Å². The second-order valence-corrected chi connectivity index (χ2v) is 6.20. The molecule has 0 spiro atoms. The molecule has 0 bridgehead atoms. The normalized spacial score (nSPS) is 16.8. The Kier molecular flexibility index (Phi) is 4.73. The number of para-hydroxylation sites is 2. The van der Waals surface area contributed by atoms with Crippen molar-refractivity contribution in [3.8, 4) is 0 Å². The summed E-state index contributed by atoms with van der Waals surface area (Å²) in [5.74, 6) is -0.155. The smallest absolute Gasteiger partial charge is 0.312 e. The lowest BCUT2D eigenvalue weighted by atomic mass is 9.92. The molecule has 21 heavy (non-hydrogen) atoms. The highest BCUT2D eigenvalue weighted by Gasteiger charge is 2.32. The Morgan fingerprint density at radius 2 is 1.86 bits per heavy atom. The third kappa shape index (κ3) is 3.67. The highest BCUT2D eigenvalue weighted by molar-refractivity contribution is 5.76. The van der Waals surface area contributed by atoms with Gasteiger partial charge < -0.3 is 15.4 Å². The number of carbonyl (C=O) groups excluding carboxylic acids is 1. The van der Waals surface area contributed by atoms with Gasteiger partial charge in [-0.1, -0.05) is 12.1 Å². The number of carbonyl (C=O) groups is 1. The molecule has 0 saturated carbocycles. The molecule has 0 amide bonds. The number of nitrogens with zero attached hydrogens (tertiary/aromatic N) is 2. The van der Waals surface area contributed by atoms with Crippen LogP contribution in [0.2, 0.25) is 0 Å². The summed E-state index contributed by atoms with van der Waals surface area (Å²) in [5, 5.41) is 0. The zero-order chi connectivity index (χ0) is 15.5. The zero-order valence-electron chi connectivity index (χ0n) is 13.1. The molecule has 1 heterocycles. The topological polar surface area (TPSA) is 58.8 Å². The average molecular weight is 291 g/mol. The highest BCUT2D eigenvalue weighted by Crippen LogP contribution is 2.25. The average Bonchev–Trinajstić information content (AvgIpc) is 2.47. The highest BCUT2D eigenvalue weighted by atomic mass is 16.5. The summed E-state index contributed by atoms with van der Waals surface area (Å²) in [6.45, 7) is 8.28. The number of ether oxygens (including phenoxy) is 1. The van der Waals surface area contributed by atoms with E-state index in [0.29, 0.717) is 0 Å². The van der Waals surface area contributed by atoms with Crippen LogP contribution >= 0.6 is 0 Å². The fourth-order valence-electron chi connectivity index (χ4n) is 2.82. The van der Waals surface area contributed by atoms with Crippen LogP contribution in [0.5, 0.6) is 0 Å². The van der Waals surface area contributed by atoms with Crippen LogP contribution in [-0.2, 0) is 9.53 Å². The molecule has 1 saturated heterocycles.